The van der Waals surface area contributed by atoms with Gasteiger partial charge in [-0.15, -0.1) is 0 Å². The molecule has 4 rings (SSSR count). The number of hydrogen-bond acceptors (Lipinski definition) is 3. The van der Waals surface area contributed by atoms with E-state index in [-0.39, 0.29) is 16.9 Å². The van der Waals surface area contributed by atoms with Crippen LogP contribution in [-0.4, -0.2) is 23.8 Å². The molecule has 0 fully saturated rings. The molecule has 0 saturated heterocycles. The van der Waals surface area contributed by atoms with E-state index in [9.17, 15) is 18.3 Å². The van der Waals surface area contributed by atoms with Crippen LogP contribution in [0.4, 0.5) is 0 Å². The molecule has 0 amide bonds. The number of carboxylic acids is 1. The Balaban J connectivity index is 1.95. The Kier molecular flexibility index (Phi) is 6.00. The van der Waals surface area contributed by atoms with Crippen LogP contribution >= 0.6 is 0 Å². The van der Waals surface area contributed by atoms with E-state index in [0.29, 0.717) is 5.56 Å². The number of sulfonamides is 1. The highest BCUT2D eigenvalue weighted by atomic mass is 32.2. The van der Waals surface area contributed by atoms with Crippen molar-refractivity contribution in [2.45, 2.75) is 37.2 Å². The Morgan fingerprint density at radius 1 is 0.844 bits per heavy atom. The van der Waals surface area contributed by atoms with Crippen LogP contribution in [0.5, 0.6) is 0 Å². The summed E-state index contributed by atoms with van der Waals surface area (Å²) in [5.74, 6) is -1.12. The molecule has 1 aliphatic heterocycles. The Morgan fingerprint density at radius 2 is 1.41 bits per heavy atom. The van der Waals surface area contributed by atoms with Crippen molar-refractivity contribution < 1.29 is 18.3 Å². The molecular weight excluding hydrogens is 422 g/mol. The van der Waals surface area contributed by atoms with Gasteiger partial charge in [0.05, 0.1) is 22.6 Å². The summed E-state index contributed by atoms with van der Waals surface area (Å²) in [4.78, 5) is 12.3. The van der Waals surface area contributed by atoms with Crippen molar-refractivity contribution in [2.75, 3.05) is 0 Å². The molecule has 1 N–H and O–H groups in total. The molecule has 3 aromatic carbocycles. The van der Waals surface area contributed by atoms with Crippen LogP contribution in [0.2, 0.25) is 0 Å². The summed E-state index contributed by atoms with van der Waals surface area (Å²) < 4.78 is 29.4. The van der Waals surface area contributed by atoms with E-state index in [0.717, 1.165) is 16.7 Å². The summed E-state index contributed by atoms with van der Waals surface area (Å²) in [5.41, 5.74) is 3.53. The van der Waals surface area contributed by atoms with Gasteiger partial charge >= 0.3 is 5.97 Å². The van der Waals surface area contributed by atoms with Gasteiger partial charge in [0.2, 0.25) is 10.0 Å². The SMILES string of the molecule is Cc1ccc([C@@H]2CC=C(C(=O)O)[C@H](c3ccccc3)N2S(=O)(=O)c2ccc(C)cc2)cc1. The minimum absolute atomic E-state index is 0.0650. The van der Waals surface area contributed by atoms with Crippen LogP contribution in [0.3, 0.4) is 0 Å². The van der Waals surface area contributed by atoms with Crippen molar-refractivity contribution >= 4 is 16.0 Å². The first-order valence-corrected chi connectivity index (χ1v) is 11.9. The first-order valence-electron chi connectivity index (χ1n) is 10.4. The standard InChI is InChI=1S/C26H25NO4S/c1-18-8-12-20(13-9-18)24-17-16-23(26(28)29)25(21-6-4-3-5-7-21)27(24)32(30,31)22-14-10-19(2)11-15-22/h3-16,24-25H,17H2,1-2H3,(H,28,29)/t24-,25-/m0/s1. The largest absolute Gasteiger partial charge is 0.478 e. The molecule has 0 bridgehead atoms. The van der Waals surface area contributed by atoms with Gasteiger partial charge in [-0.25, -0.2) is 13.2 Å². The van der Waals surface area contributed by atoms with Gasteiger partial charge < -0.3 is 5.11 Å². The fourth-order valence-electron chi connectivity index (χ4n) is 4.15. The zero-order valence-corrected chi connectivity index (χ0v) is 18.8. The van der Waals surface area contributed by atoms with Gasteiger partial charge in [-0.05, 0) is 43.5 Å². The van der Waals surface area contributed by atoms with E-state index in [1.165, 1.54) is 4.31 Å². The third-order valence-electron chi connectivity index (χ3n) is 5.84. The molecule has 164 valence electrons. The van der Waals surface area contributed by atoms with Crippen LogP contribution in [0.25, 0.3) is 0 Å². The minimum atomic E-state index is -4.02. The number of hydrogen-bond donors (Lipinski definition) is 1. The number of rotatable bonds is 5. The highest BCUT2D eigenvalue weighted by Gasteiger charge is 2.44. The van der Waals surface area contributed by atoms with Crippen LogP contribution in [0, 0.1) is 13.8 Å². The van der Waals surface area contributed by atoms with E-state index in [1.54, 1.807) is 54.6 Å². The Bertz CT molecular complexity index is 1250. The number of carbonyl (C=O) groups is 1. The maximum Gasteiger partial charge on any atom is 0.333 e. The molecule has 0 spiro atoms. The lowest BCUT2D eigenvalue weighted by Crippen LogP contribution is -2.42. The van der Waals surface area contributed by atoms with Crippen LogP contribution < -0.4 is 0 Å². The highest BCUT2D eigenvalue weighted by Crippen LogP contribution is 2.45. The molecule has 1 heterocycles. The summed E-state index contributed by atoms with van der Waals surface area (Å²) >= 11 is 0. The third kappa shape index (κ3) is 4.11. The van der Waals surface area contributed by atoms with Crippen LogP contribution in [-0.2, 0) is 14.8 Å². The number of benzene rings is 3. The van der Waals surface area contributed by atoms with Gasteiger partial charge in [-0.3, -0.25) is 0 Å². The van der Waals surface area contributed by atoms with Crippen LogP contribution in [0.1, 0.15) is 40.8 Å². The highest BCUT2D eigenvalue weighted by molar-refractivity contribution is 7.89. The first kappa shape index (κ1) is 22.0. The average molecular weight is 448 g/mol. The summed E-state index contributed by atoms with van der Waals surface area (Å²) in [7, 11) is -4.02. The van der Waals surface area contributed by atoms with Gasteiger partial charge in [-0.2, -0.15) is 4.31 Å². The van der Waals surface area contributed by atoms with Gasteiger partial charge in [0.1, 0.15) is 0 Å². The quantitative estimate of drug-likeness (QED) is 0.584. The molecular formula is C26H25NO4S. The summed E-state index contributed by atoms with van der Waals surface area (Å²) in [6, 6.07) is 21.9. The second-order valence-electron chi connectivity index (χ2n) is 8.09. The molecule has 0 aromatic heterocycles. The van der Waals surface area contributed by atoms with Crippen LogP contribution in [0.15, 0.2) is 95.4 Å². The Morgan fingerprint density at radius 3 is 1.97 bits per heavy atom. The molecule has 0 radical (unpaired) electrons. The zero-order chi connectivity index (χ0) is 22.9. The maximum atomic E-state index is 14.0. The smallest absolute Gasteiger partial charge is 0.333 e. The molecule has 0 saturated carbocycles. The van der Waals surface area contributed by atoms with Crippen molar-refractivity contribution in [2.24, 2.45) is 0 Å². The number of carboxylic acid groups (broad SMARTS) is 1. The van der Waals surface area contributed by atoms with Gasteiger partial charge in [-0.1, -0.05) is 83.9 Å². The molecule has 5 nitrogen and oxygen atoms in total. The number of nitrogens with zero attached hydrogens (tertiary/aromatic N) is 1. The van der Waals surface area contributed by atoms with Gasteiger partial charge in [0.15, 0.2) is 0 Å². The van der Waals surface area contributed by atoms with Crippen molar-refractivity contribution in [1.82, 2.24) is 4.31 Å². The van der Waals surface area contributed by atoms with E-state index in [2.05, 4.69) is 0 Å². The molecule has 1 aliphatic rings. The lowest BCUT2D eigenvalue weighted by molar-refractivity contribution is -0.133. The topological polar surface area (TPSA) is 74.7 Å². The van der Waals surface area contributed by atoms with Crippen molar-refractivity contribution in [3.8, 4) is 0 Å². The zero-order valence-electron chi connectivity index (χ0n) is 18.0. The molecule has 3 aromatic rings. The second kappa shape index (κ2) is 8.73. The average Bonchev–Trinajstić information content (AvgIpc) is 2.79. The summed E-state index contributed by atoms with van der Waals surface area (Å²) in [5, 5.41) is 9.96. The lowest BCUT2D eigenvalue weighted by atomic mass is 9.89. The molecule has 6 heteroatoms. The van der Waals surface area contributed by atoms with Crippen molar-refractivity contribution in [1.29, 1.82) is 0 Å². The molecule has 0 aliphatic carbocycles. The maximum absolute atomic E-state index is 14.0. The van der Waals surface area contributed by atoms with E-state index in [1.807, 2.05) is 44.2 Å². The Labute approximate surface area is 188 Å². The Hall–Kier alpha value is -3.22. The van der Waals surface area contributed by atoms with E-state index in [4.69, 9.17) is 0 Å². The number of aliphatic carboxylic acids is 1. The summed E-state index contributed by atoms with van der Waals surface area (Å²) in [6.07, 6.45) is 1.94. The van der Waals surface area contributed by atoms with E-state index >= 15 is 0 Å². The van der Waals surface area contributed by atoms with E-state index < -0.39 is 28.1 Å². The molecule has 2 atom stereocenters. The van der Waals surface area contributed by atoms with Gasteiger partial charge in [0, 0.05) is 0 Å². The fourth-order valence-corrected chi connectivity index (χ4v) is 5.93. The first-order chi connectivity index (χ1) is 15.3. The number of aryl methyl sites for hydroxylation is 2. The molecule has 32 heavy (non-hydrogen) atoms. The lowest BCUT2D eigenvalue weighted by Gasteiger charge is -2.40. The van der Waals surface area contributed by atoms with Crippen molar-refractivity contribution in [3.05, 3.63) is 113 Å². The minimum Gasteiger partial charge on any atom is -0.478 e. The van der Waals surface area contributed by atoms with Gasteiger partial charge in [0.25, 0.3) is 0 Å². The summed E-state index contributed by atoms with van der Waals surface area (Å²) in [6.45, 7) is 3.87. The predicted molar refractivity (Wildman–Crippen MR) is 124 cm³/mol. The third-order valence-corrected chi connectivity index (χ3v) is 7.73. The second-order valence-corrected chi connectivity index (χ2v) is 9.93. The molecule has 0 unspecified atom stereocenters. The monoisotopic (exact) mass is 447 g/mol. The van der Waals surface area contributed by atoms with Crippen molar-refractivity contribution in [3.63, 3.8) is 0 Å². The predicted octanol–water partition coefficient (Wildman–Crippen LogP) is 5.19. The fraction of sp³-hybridized carbons (Fsp3) is 0.192. The normalized spacial score (nSPS) is 19.4.